The van der Waals surface area contributed by atoms with Gasteiger partial charge in [0.1, 0.15) is 0 Å². The Bertz CT molecular complexity index is 209. The van der Waals surface area contributed by atoms with Crippen molar-refractivity contribution in [1.82, 2.24) is 0 Å². The third-order valence-corrected chi connectivity index (χ3v) is 3.60. The van der Waals surface area contributed by atoms with Crippen molar-refractivity contribution in [2.45, 2.75) is 33.6 Å². The molecule has 0 aromatic rings. The van der Waals surface area contributed by atoms with Gasteiger partial charge in [-0.05, 0) is 20.3 Å². The maximum atomic E-state index is 11.0. The van der Waals surface area contributed by atoms with Gasteiger partial charge in [-0.3, -0.25) is 0 Å². The first-order valence-corrected chi connectivity index (χ1v) is 6.55. The lowest BCUT2D eigenvalue weighted by atomic mass is 10.3. The molecule has 0 aromatic heterocycles. The van der Waals surface area contributed by atoms with E-state index in [9.17, 15) is 4.79 Å². The van der Waals surface area contributed by atoms with Gasteiger partial charge in [-0.25, -0.2) is 4.79 Å². The van der Waals surface area contributed by atoms with Gasteiger partial charge in [0.2, 0.25) is 0 Å². The minimum Gasteiger partial charge on any atom is -0.478 e. The molecule has 0 spiro atoms. The molecular formula is C10H19O4Si. The van der Waals surface area contributed by atoms with Gasteiger partial charge in [0.05, 0.1) is 5.20 Å². The van der Waals surface area contributed by atoms with Gasteiger partial charge in [-0.1, -0.05) is 19.4 Å². The quantitative estimate of drug-likeness (QED) is 0.512. The second-order valence-corrected chi connectivity index (χ2v) is 4.56. The predicted octanol–water partition coefficient (Wildman–Crippen LogP) is 1.90. The summed E-state index contributed by atoms with van der Waals surface area (Å²) in [5.41, 5.74) is 0. The number of carboxylic acids is 1. The summed E-state index contributed by atoms with van der Waals surface area (Å²) in [5, 5.41) is 9.32. The highest BCUT2D eigenvalue weighted by Crippen LogP contribution is 2.07. The summed E-state index contributed by atoms with van der Waals surface area (Å²) < 4.78 is 10.7. The average molecular weight is 231 g/mol. The molecule has 0 saturated heterocycles. The average Bonchev–Trinajstić information content (AvgIpc) is 2.18. The van der Waals surface area contributed by atoms with Crippen LogP contribution in [0, 0.1) is 0 Å². The molecule has 0 rings (SSSR count). The minimum atomic E-state index is -1.80. The van der Waals surface area contributed by atoms with Crippen LogP contribution in [0.5, 0.6) is 0 Å². The Balaban J connectivity index is 4.58. The van der Waals surface area contributed by atoms with Gasteiger partial charge in [0.15, 0.2) is 0 Å². The maximum Gasteiger partial charge on any atom is 0.430 e. The molecular weight excluding hydrogens is 212 g/mol. The Labute approximate surface area is 92.7 Å². The van der Waals surface area contributed by atoms with E-state index in [2.05, 4.69) is 0 Å². The number of unbranched alkanes of at least 4 members (excludes halogenated alkanes) is 1. The van der Waals surface area contributed by atoms with Crippen LogP contribution in [0.1, 0.15) is 33.6 Å². The second-order valence-electron chi connectivity index (χ2n) is 2.87. The number of aliphatic carboxylic acids is 1. The van der Waals surface area contributed by atoms with Crippen molar-refractivity contribution < 1.29 is 18.8 Å². The Kier molecular flexibility index (Phi) is 8.26. The zero-order chi connectivity index (χ0) is 11.7. The van der Waals surface area contributed by atoms with Gasteiger partial charge in [-0.2, -0.15) is 0 Å². The number of hydrogen-bond donors (Lipinski definition) is 1. The molecule has 0 aliphatic carbocycles. The summed E-state index contributed by atoms with van der Waals surface area (Å²) in [6.07, 6.45) is 3.38. The van der Waals surface area contributed by atoms with E-state index >= 15 is 0 Å². The summed E-state index contributed by atoms with van der Waals surface area (Å²) in [7, 11) is -1.80. The highest BCUT2D eigenvalue weighted by Gasteiger charge is 2.26. The van der Waals surface area contributed by atoms with Crippen LogP contribution in [-0.4, -0.2) is 33.6 Å². The molecule has 5 heteroatoms. The molecule has 0 fully saturated rings. The molecule has 87 valence electrons. The zero-order valence-corrected chi connectivity index (χ0v) is 10.6. The zero-order valence-electron chi connectivity index (χ0n) is 9.58. The third kappa shape index (κ3) is 5.71. The van der Waals surface area contributed by atoms with E-state index in [1.807, 2.05) is 20.8 Å². The van der Waals surface area contributed by atoms with Crippen LogP contribution >= 0.6 is 0 Å². The van der Waals surface area contributed by atoms with Crippen LogP contribution < -0.4 is 0 Å². The molecule has 0 atom stereocenters. The first-order valence-electron chi connectivity index (χ1n) is 5.23. The molecule has 0 unspecified atom stereocenters. The van der Waals surface area contributed by atoms with Crippen molar-refractivity contribution in [3.63, 3.8) is 0 Å². The first kappa shape index (κ1) is 14.3. The summed E-state index contributed by atoms with van der Waals surface area (Å²) in [5.74, 6) is -0.931. The molecule has 1 radical (unpaired) electrons. The number of hydrogen-bond acceptors (Lipinski definition) is 3. The lowest BCUT2D eigenvalue weighted by molar-refractivity contribution is -0.132. The third-order valence-electron chi connectivity index (χ3n) is 1.64. The standard InChI is InChI=1S/C10H19O4Si/c1-4-7-8-9(10(11)12)15(13-5-2)14-6-3/h8H,4-7H2,1-3H3,(H,11,12)/b9-8+. The summed E-state index contributed by atoms with van der Waals surface area (Å²) in [6.45, 7) is 6.63. The lowest BCUT2D eigenvalue weighted by Crippen LogP contribution is -2.30. The summed E-state index contributed by atoms with van der Waals surface area (Å²) in [6, 6.07) is 0. The van der Waals surface area contributed by atoms with Crippen LogP contribution in [0.25, 0.3) is 0 Å². The van der Waals surface area contributed by atoms with Crippen LogP contribution in [0.3, 0.4) is 0 Å². The Morgan fingerprint density at radius 2 is 1.80 bits per heavy atom. The van der Waals surface area contributed by atoms with Crippen LogP contribution in [0.15, 0.2) is 11.3 Å². The molecule has 0 aromatic carbocycles. The highest BCUT2D eigenvalue weighted by atomic mass is 28.3. The first-order chi connectivity index (χ1) is 7.17. The molecule has 0 aliphatic rings. The normalized spacial score (nSPS) is 12.1. The summed E-state index contributed by atoms with van der Waals surface area (Å²) in [4.78, 5) is 11.0. The van der Waals surface area contributed by atoms with E-state index in [1.165, 1.54) is 0 Å². The lowest BCUT2D eigenvalue weighted by Gasteiger charge is -2.13. The van der Waals surface area contributed by atoms with Gasteiger partial charge in [0, 0.05) is 13.2 Å². The van der Waals surface area contributed by atoms with Crippen LogP contribution in [0.4, 0.5) is 0 Å². The number of carbonyl (C=O) groups is 1. The smallest absolute Gasteiger partial charge is 0.430 e. The van der Waals surface area contributed by atoms with Gasteiger partial charge < -0.3 is 14.0 Å². The topological polar surface area (TPSA) is 55.8 Å². The fourth-order valence-electron chi connectivity index (χ4n) is 1.01. The van der Waals surface area contributed by atoms with E-state index in [0.717, 1.165) is 12.8 Å². The Morgan fingerprint density at radius 1 is 1.27 bits per heavy atom. The fraction of sp³-hybridized carbons (Fsp3) is 0.700. The van der Waals surface area contributed by atoms with E-state index in [1.54, 1.807) is 6.08 Å². The van der Waals surface area contributed by atoms with Crippen molar-refractivity contribution in [2.24, 2.45) is 0 Å². The molecule has 0 saturated carbocycles. The largest absolute Gasteiger partial charge is 0.478 e. The van der Waals surface area contributed by atoms with Crippen molar-refractivity contribution in [1.29, 1.82) is 0 Å². The molecule has 0 bridgehead atoms. The van der Waals surface area contributed by atoms with Crippen molar-refractivity contribution in [2.75, 3.05) is 13.2 Å². The van der Waals surface area contributed by atoms with Gasteiger partial charge in [-0.15, -0.1) is 0 Å². The highest BCUT2D eigenvalue weighted by molar-refractivity contribution is 6.60. The van der Waals surface area contributed by atoms with Crippen molar-refractivity contribution >= 4 is 15.3 Å². The van der Waals surface area contributed by atoms with E-state index in [0.29, 0.717) is 18.4 Å². The van der Waals surface area contributed by atoms with E-state index in [4.69, 9.17) is 14.0 Å². The fourth-order valence-corrected chi connectivity index (χ4v) is 2.41. The van der Waals surface area contributed by atoms with E-state index < -0.39 is 15.3 Å². The number of carboxylic acid groups (broad SMARTS) is 1. The summed E-state index contributed by atoms with van der Waals surface area (Å²) >= 11 is 0. The van der Waals surface area contributed by atoms with Crippen molar-refractivity contribution in [3.05, 3.63) is 11.3 Å². The van der Waals surface area contributed by atoms with Crippen molar-refractivity contribution in [3.8, 4) is 0 Å². The van der Waals surface area contributed by atoms with Gasteiger partial charge in [0.25, 0.3) is 0 Å². The molecule has 15 heavy (non-hydrogen) atoms. The van der Waals surface area contributed by atoms with Crippen LogP contribution in [0.2, 0.25) is 0 Å². The maximum absolute atomic E-state index is 11.0. The number of allylic oxidation sites excluding steroid dienone is 1. The minimum absolute atomic E-state index is 0.297. The predicted molar refractivity (Wildman–Crippen MR) is 59.6 cm³/mol. The SMILES string of the molecule is CCC/C=C(\C(=O)O)[Si](OCC)OCC. The number of rotatable bonds is 8. The van der Waals surface area contributed by atoms with Gasteiger partial charge >= 0.3 is 15.3 Å². The molecule has 0 amide bonds. The molecule has 0 aliphatic heterocycles. The second kappa shape index (κ2) is 8.64. The molecule has 1 N–H and O–H groups in total. The van der Waals surface area contributed by atoms with Crippen LogP contribution in [-0.2, 0) is 13.6 Å². The monoisotopic (exact) mass is 231 g/mol. The molecule has 4 nitrogen and oxygen atoms in total. The van der Waals surface area contributed by atoms with E-state index in [-0.39, 0.29) is 0 Å². The molecule has 0 heterocycles. The Morgan fingerprint density at radius 3 is 2.13 bits per heavy atom. The Hall–Kier alpha value is -0.653.